The maximum Gasteiger partial charge on any atom is 0.224 e. The highest BCUT2D eigenvalue weighted by Gasteiger charge is 2.20. The van der Waals surface area contributed by atoms with Crippen LogP contribution in [0.25, 0.3) is 6.08 Å². The summed E-state index contributed by atoms with van der Waals surface area (Å²) in [5, 5.41) is 3.53. The molecule has 0 atom stereocenters. The van der Waals surface area contributed by atoms with Gasteiger partial charge in [-0.2, -0.15) is 0 Å². The van der Waals surface area contributed by atoms with Crippen LogP contribution in [-0.4, -0.2) is 15.5 Å². The molecular weight excluding hydrogens is 186 g/mol. The summed E-state index contributed by atoms with van der Waals surface area (Å²) < 4.78 is 0. The number of anilines is 1. The highest BCUT2D eigenvalue weighted by molar-refractivity contribution is 6.28. The smallest absolute Gasteiger partial charge is 0.224 e. The molecule has 1 aromatic rings. The molecule has 4 heteroatoms. The molecule has 0 aliphatic carbocycles. The maximum absolute atomic E-state index is 5.68. The van der Waals surface area contributed by atoms with Gasteiger partial charge in [0.25, 0.3) is 0 Å². The van der Waals surface area contributed by atoms with Crippen molar-refractivity contribution in [1.29, 1.82) is 0 Å². The summed E-state index contributed by atoms with van der Waals surface area (Å²) in [7, 11) is 0. The van der Waals surface area contributed by atoms with Gasteiger partial charge in [-0.15, -0.1) is 0 Å². The molecule has 0 aromatic carbocycles. The van der Waals surface area contributed by atoms with Crippen molar-refractivity contribution < 1.29 is 0 Å². The number of halogens is 1. The average molecular weight is 196 g/mol. The molecule has 0 fully saturated rings. The monoisotopic (exact) mass is 195 g/mol. The molecule has 1 N–H and O–H groups in total. The lowest BCUT2D eigenvalue weighted by molar-refractivity contribution is 0.704. The fraction of sp³-hybridized carbons (Fsp3) is 0.333. The summed E-state index contributed by atoms with van der Waals surface area (Å²) in [6.07, 6.45) is 5.79. The Balaban J connectivity index is 2.48. The topological polar surface area (TPSA) is 37.8 Å². The zero-order valence-corrected chi connectivity index (χ0v) is 8.26. The van der Waals surface area contributed by atoms with E-state index in [2.05, 4.69) is 35.2 Å². The van der Waals surface area contributed by atoms with Crippen molar-refractivity contribution >= 4 is 23.5 Å². The van der Waals surface area contributed by atoms with E-state index in [-0.39, 0.29) is 10.8 Å². The number of aromatic nitrogens is 2. The third-order valence-electron chi connectivity index (χ3n) is 1.91. The van der Waals surface area contributed by atoms with Gasteiger partial charge in [0.15, 0.2) is 0 Å². The molecule has 1 aliphatic heterocycles. The lowest BCUT2D eigenvalue weighted by atomic mass is 10.00. The van der Waals surface area contributed by atoms with Crippen LogP contribution >= 0.6 is 11.6 Å². The predicted octanol–water partition coefficient (Wildman–Crippen LogP) is 2.35. The second kappa shape index (κ2) is 2.70. The fourth-order valence-corrected chi connectivity index (χ4v) is 1.37. The third kappa shape index (κ3) is 1.65. The summed E-state index contributed by atoms with van der Waals surface area (Å²) in [4.78, 5) is 8.00. The van der Waals surface area contributed by atoms with Crippen LogP contribution < -0.4 is 5.32 Å². The van der Waals surface area contributed by atoms with Crippen LogP contribution in [0, 0.1) is 0 Å². The first kappa shape index (κ1) is 8.51. The summed E-state index contributed by atoms with van der Waals surface area (Å²) in [6.45, 7) is 4.14. The van der Waals surface area contributed by atoms with Crippen LogP contribution in [-0.2, 0) is 0 Å². The Bertz CT molecular complexity index is 371. The Morgan fingerprint density at radius 2 is 2.23 bits per heavy atom. The molecule has 68 valence electrons. The van der Waals surface area contributed by atoms with E-state index in [0.29, 0.717) is 0 Å². The van der Waals surface area contributed by atoms with Gasteiger partial charge in [0.2, 0.25) is 5.28 Å². The third-order valence-corrected chi connectivity index (χ3v) is 2.09. The summed E-state index contributed by atoms with van der Waals surface area (Å²) in [6, 6.07) is 0. The highest BCUT2D eigenvalue weighted by atomic mass is 35.5. The van der Waals surface area contributed by atoms with Crippen molar-refractivity contribution in [2.24, 2.45) is 0 Å². The van der Waals surface area contributed by atoms with Crippen LogP contribution in [0.5, 0.6) is 0 Å². The van der Waals surface area contributed by atoms with Crippen LogP contribution in [0.1, 0.15) is 19.4 Å². The van der Waals surface area contributed by atoms with E-state index in [9.17, 15) is 0 Å². The predicted molar refractivity (Wildman–Crippen MR) is 53.8 cm³/mol. The molecule has 0 bridgehead atoms. The minimum atomic E-state index is -0.0648. The first-order valence-corrected chi connectivity index (χ1v) is 4.45. The minimum absolute atomic E-state index is 0.0648. The van der Waals surface area contributed by atoms with E-state index in [1.165, 1.54) is 0 Å². The Morgan fingerprint density at radius 1 is 1.46 bits per heavy atom. The number of hydrogen-bond acceptors (Lipinski definition) is 3. The van der Waals surface area contributed by atoms with E-state index in [4.69, 9.17) is 11.6 Å². The van der Waals surface area contributed by atoms with Crippen molar-refractivity contribution in [2.75, 3.05) is 5.32 Å². The van der Waals surface area contributed by atoms with E-state index >= 15 is 0 Å². The van der Waals surface area contributed by atoms with Crippen LogP contribution in [0.15, 0.2) is 12.3 Å². The van der Waals surface area contributed by atoms with E-state index in [1.54, 1.807) is 6.20 Å². The molecular formula is C9H10ClN3. The summed E-state index contributed by atoms with van der Waals surface area (Å²) >= 11 is 5.68. The van der Waals surface area contributed by atoms with Gasteiger partial charge in [-0.1, -0.05) is 12.2 Å². The molecule has 0 radical (unpaired) electrons. The van der Waals surface area contributed by atoms with Crippen molar-refractivity contribution in [2.45, 2.75) is 19.4 Å². The molecule has 0 saturated heterocycles. The second-order valence-corrected chi connectivity index (χ2v) is 3.96. The molecule has 0 unspecified atom stereocenters. The van der Waals surface area contributed by atoms with E-state index < -0.39 is 0 Å². The Labute approximate surface area is 81.9 Å². The molecule has 0 spiro atoms. The van der Waals surface area contributed by atoms with Gasteiger partial charge in [0.1, 0.15) is 5.82 Å². The maximum atomic E-state index is 5.68. The molecule has 2 heterocycles. The van der Waals surface area contributed by atoms with Gasteiger partial charge in [-0.05, 0) is 25.4 Å². The lowest BCUT2D eigenvalue weighted by Crippen LogP contribution is -2.31. The molecule has 1 aromatic heterocycles. The lowest BCUT2D eigenvalue weighted by Gasteiger charge is -2.27. The largest absolute Gasteiger partial charge is 0.361 e. The van der Waals surface area contributed by atoms with Gasteiger partial charge >= 0.3 is 0 Å². The number of nitrogens with zero attached hydrogens (tertiary/aromatic N) is 2. The molecule has 13 heavy (non-hydrogen) atoms. The van der Waals surface area contributed by atoms with Crippen LogP contribution in [0.2, 0.25) is 5.28 Å². The van der Waals surface area contributed by atoms with Crippen LogP contribution in [0.3, 0.4) is 0 Å². The Hall–Kier alpha value is -1.09. The molecule has 0 amide bonds. The van der Waals surface area contributed by atoms with Crippen molar-refractivity contribution in [3.8, 4) is 0 Å². The quantitative estimate of drug-likeness (QED) is 0.646. The first-order valence-electron chi connectivity index (χ1n) is 4.07. The molecule has 3 nitrogen and oxygen atoms in total. The van der Waals surface area contributed by atoms with Crippen molar-refractivity contribution in [3.05, 3.63) is 23.1 Å². The van der Waals surface area contributed by atoms with Gasteiger partial charge < -0.3 is 5.32 Å². The van der Waals surface area contributed by atoms with E-state index in [0.717, 1.165) is 11.4 Å². The van der Waals surface area contributed by atoms with Crippen molar-refractivity contribution in [3.63, 3.8) is 0 Å². The molecule has 2 rings (SSSR count). The zero-order chi connectivity index (χ0) is 9.47. The first-order chi connectivity index (χ1) is 6.07. The fourth-order valence-electron chi connectivity index (χ4n) is 1.24. The number of nitrogens with one attached hydrogen (secondary N) is 1. The molecule has 1 aliphatic rings. The van der Waals surface area contributed by atoms with Gasteiger partial charge in [-0.25, -0.2) is 9.97 Å². The van der Waals surface area contributed by atoms with Crippen molar-refractivity contribution in [1.82, 2.24) is 9.97 Å². The molecule has 0 saturated carbocycles. The number of hydrogen-bond donors (Lipinski definition) is 1. The second-order valence-electron chi connectivity index (χ2n) is 3.62. The normalized spacial score (nSPS) is 17.8. The SMILES string of the molecule is CC1(C)C=Cc2cnc(Cl)nc2N1. The highest BCUT2D eigenvalue weighted by Crippen LogP contribution is 2.26. The number of rotatable bonds is 0. The van der Waals surface area contributed by atoms with Gasteiger partial charge in [0.05, 0.1) is 5.54 Å². The van der Waals surface area contributed by atoms with E-state index in [1.807, 2.05) is 6.08 Å². The van der Waals surface area contributed by atoms with Gasteiger partial charge in [-0.3, -0.25) is 0 Å². The average Bonchev–Trinajstić information content (AvgIpc) is 2.01. The summed E-state index contributed by atoms with van der Waals surface area (Å²) in [5.74, 6) is 0.799. The number of fused-ring (bicyclic) bond motifs is 1. The van der Waals surface area contributed by atoms with Crippen LogP contribution in [0.4, 0.5) is 5.82 Å². The standard InChI is InChI=1S/C9H10ClN3/c1-9(2)4-3-6-5-11-8(10)12-7(6)13-9/h3-5H,1-2H3,(H,11,12,13). The Morgan fingerprint density at radius 3 is 3.00 bits per heavy atom. The zero-order valence-electron chi connectivity index (χ0n) is 7.50. The minimum Gasteiger partial charge on any atom is -0.361 e. The Kier molecular flexibility index (Phi) is 1.77. The van der Waals surface area contributed by atoms with Gasteiger partial charge in [0, 0.05) is 11.8 Å². The summed E-state index contributed by atoms with van der Waals surface area (Å²) in [5.41, 5.74) is 0.911.